The molecule has 0 radical (unpaired) electrons. The van der Waals surface area contributed by atoms with Gasteiger partial charge in [-0.25, -0.2) is 8.42 Å². The molecule has 2 fully saturated rings. The quantitative estimate of drug-likeness (QED) is 0.754. The second-order valence-electron chi connectivity index (χ2n) is 4.41. The summed E-state index contributed by atoms with van der Waals surface area (Å²) in [6.45, 7) is 1.93. The van der Waals surface area contributed by atoms with Gasteiger partial charge in [0.25, 0.3) is 10.0 Å². The van der Waals surface area contributed by atoms with E-state index < -0.39 is 10.0 Å². The summed E-state index contributed by atoms with van der Waals surface area (Å²) in [5.74, 6) is 0.417. The van der Waals surface area contributed by atoms with Crippen molar-refractivity contribution in [2.24, 2.45) is 5.92 Å². The molecule has 0 N–H and O–H groups in total. The average molecular weight is 239 g/mol. The Hall–Kier alpha value is -0.910. The van der Waals surface area contributed by atoms with Gasteiger partial charge in [-0.05, 0) is 36.4 Å². The van der Waals surface area contributed by atoms with Gasteiger partial charge in [-0.2, -0.15) is 0 Å². The van der Waals surface area contributed by atoms with Crippen LogP contribution in [0, 0.1) is 12.8 Å². The highest BCUT2D eigenvalue weighted by molar-refractivity contribution is 7.89. The second-order valence-corrected chi connectivity index (χ2v) is 6.19. The molecule has 86 valence electrons. The fourth-order valence-electron chi connectivity index (χ4n) is 1.73. The number of aryl methyl sites for hydroxylation is 1. The molecule has 3 rings (SSSR count). The predicted molar refractivity (Wildman–Crippen MR) is 57.8 cm³/mol. The summed E-state index contributed by atoms with van der Waals surface area (Å²) in [4.78, 5) is 5.44. The molecule has 1 saturated heterocycles. The third-order valence-corrected chi connectivity index (χ3v) is 4.59. The van der Waals surface area contributed by atoms with E-state index in [1.165, 1.54) is 0 Å². The smallest absolute Gasteiger partial charge is 0.258 e. The van der Waals surface area contributed by atoms with E-state index in [0.29, 0.717) is 10.8 Å². The van der Waals surface area contributed by atoms with Crippen LogP contribution in [0.15, 0.2) is 29.2 Å². The number of rotatable bonds is 3. The van der Waals surface area contributed by atoms with E-state index in [0.717, 1.165) is 22.9 Å². The summed E-state index contributed by atoms with van der Waals surface area (Å²) < 4.78 is 25.2. The highest BCUT2D eigenvalue weighted by Gasteiger charge is 2.55. The molecule has 0 spiro atoms. The lowest BCUT2D eigenvalue weighted by Gasteiger charge is -2.02. The van der Waals surface area contributed by atoms with E-state index in [-0.39, 0.29) is 6.23 Å². The van der Waals surface area contributed by atoms with E-state index in [1.807, 2.05) is 6.92 Å². The highest BCUT2D eigenvalue weighted by Crippen LogP contribution is 2.45. The molecule has 1 aromatic carbocycles. The molecule has 0 bridgehead atoms. The van der Waals surface area contributed by atoms with Crippen LogP contribution in [-0.4, -0.2) is 19.1 Å². The molecule has 2 unspecified atom stereocenters. The second kappa shape index (κ2) is 3.29. The van der Waals surface area contributed by atoms with Crippen molar-refractivity contribution in [2.45, 2.75) is 30.9 Å². The van der Waals surface area contributed by atoms with E-state index in [1.54, 1.807) is 24.3 Å². The summed E-state index contributed by atoms with van der Waals surface area (Å²) in [5, 5.41) is 0. The van der Waals surface area contributed by atoms with Crippen LogP contribution < -0.4 is 0 Å². The first-order valence-electron chi connectivity index (χ1n) is 5.37. The van der Waals surface area contributed by atoms with Crippen molar-refractivity contribution < 1.29 is 13.3 Å². The summed E-state index contributed by atoms with van der Waals surface area (Å²) in [5.41, 5.74) is 1.05. The fourth-order valence-corrected chi connectivity index (χ4v) is 3.06. The van der Waals surface area contributed by atoms with Crippen molar-refractivity contribution in [2.75, 3.05) is 0 Å². The number of benzene rings is 1. The number of sulfonamides is 1. The van der Waals surface area contributed by atoms with Crippen molar-refractivity contribution in [3.8, 4) is 0 Å². The maximum Gasteiger partial charge on any atom is 0.267 e. The minimum absolute atomic E-state index is 0.202. The topological polar surface area (TPSA) is 49.7 Å². The van der Waals surface area contributed by atoms with Gasteiger partial charge in [-0.1, -0.05) is 17.7 Å². The molecule has 4 nitrogen and oxygen atoms in total. The normalized spacial score (nSPS) is 29.1. The molecular formula is C11H13NO3S. The predicted octanol–water partition coefficient (Wildman–Crippen LogP) is 1.67. The Morgan fingerprint density at radius 3 is 2.44 bits per heavy atom. The maximum absolute atomic E-state index is 12.0. The summed E-state index contributed by atoms with van der Waals surface area (Å²) in [7, 11) is -3.43. The van der Waals surface area contributed by atoms with Gasteiger partial charge in [0.15, 0.2) is 6.23 Å². The molecule has 1 aromatic rings. The van der Waals surface area contributed by atoms with Gasteiger partial charge < -0.3 is 0 Å². The summed E-state index contributed by atoms with van der Waals surface area (Å²) >= 11 is 0. The summed E-state index contributed by atoms with van der Waals surface area (Å²) in [6, 6.07) is 6.83. The van der Waals surface area contributed by atoms with Gasteiger partial charge in [-0.3, -0.25) is 4.84 Å². The molecule has 5 heteroatoms. The molecular weight excluding hydrogens is 226 g/mol. The van der Waals surface area contributed by atoms with Crippen LogP contribution in [0.3, 0.4) is 0 Å². The number of hydrogen-bond donors (Lipinski definition) is 0. The van der Waals surface area contributed by atoms with Gasteiger partial charge >= 0.3 is 0 Å². The number of hydroxylamine groups is 1. The lowest BCUT2D eigenvalue weighted by molar-refractivity contribution is 0.278. The van der Waals surface area contributed by atoms with Gasteiger partial charge in [0, 0.05) is 5.92 Å². The first-order chi connectivity index (χ1) is 7.59. The molecule has 0 amide bonds. The largest absolute Gasteiger partial charge is 0.267 e. The molecule has 0 aromatic heterocycles. The van der Waals surface area contributed by atoms with Crippen LogP contribution in [0.1, 0.15) is 18.4 Å². The zero-order chi connectivity index (χ0) is 11.3. The molecule has 1 saturated carbocycles. The van der Waals surface area contributed by atoms with Crippen molar-refractivity contribution in [3.05, 3.63) is 29.8 Å². The fraction of sp³-hybridized carbons (Fsp3) is 0.455. The van der Waals surface area contributed by atoms with Crippen LogP contribution in [0.5, 0.6) is 0 Å². The lowest BCUT2D eigenvalue weighted by atomic mass is 10.2. The van der Waals surface area contributed by atoms with Crippen LogP contribution in [0.4, 0.5) is 0 Å². The van der Waals surface area contributed by atoms with Crippen LogP contribution in [0.25, 0.3) is 0 Å². The van der Waals surface area contributed by atoms with Gasteiger partial charge in [-0.15, -0.1) is 0 Å². The van der Waals surface area contributed by atoms with Gasteiger partial charge in [0.1, 0.15) is 0 Å². The average Bonchev–Trinajstić information content (AvgIpc) is 3.10. The number of hydrogen-bond acceptors (Lipinski definition) is 3. The molecule has 2 aliphatic rings. The van der Waals surface area contributed by atoms with E-state index >= 15 is 0 Å². The zero-order valence-electron chi connectivity index (χ0n) is 8.96. The molecule has 16 heavy (non-hydrogen) atoms. The van der Waals surface area contributed by atoms with Crippen LogP contribution in [0.2, 0.25) is 0 Å². The van der Waals surface area contributed by atoms with Crippen molar-refractivity contribution in [1.82, 2.24) is 4.47 Å². The Bertz CT molecular complexity index is 505. The SMILES string of the molecule is Cc1ccc(S(=O)(=O)N2OC2C2CC2)cc1. The minimum atomic E-state index is -3.43. The van der Waals surface area contributed by atoms with E-state index in [4.69, 9.17) is 4.84 Å². The third-order valence-electron chi connectivity index (χ3n) is 2.96. The highest BCUT2D eigenvalue weighted by atomic mass is 32.2. The van der Waals surface area contributed by atoms with Crippen LogP contribution >= 0.6 is 0 Å². The molecule has 2 atom stereocenters. The Kier molecular flexibility index (Phi) is 2.11. The van der Waals surface area contributed by atoms with Gasteiger partial charge in [0.05, 0.1) is 4.90 Å². The Morgan fingerprint density at radius 2 is 1.88 bits per heavy atom. The summed E-state index contributed by atoms with van der Waals surface area (Å²) in [6.07, 6.45) is 1.95. The molecule has 1 aliphatic carbocycles. The number of nitrogens with zero attached hydrogens (tertiary/aromatic N) is 1. The first-order valence-corrected chi connectivity index (χ1v) is 6.81. The lowest BCUT2D eigenvalue weighted by Crippen LogP contribution is -2.15. The Balaban J connectivity index is 1.85. The molecule has 1 heterocycles. The van der Waals surface area contributed by atoms with Crippen LogP contribution in [-0.2, 0) is 14.9 Å². The molecule has 1 aliphatic heterocycles. The maximum atomic E-state index is 12.0. The monoisotopic (exact) mass is 239 g/mol. The Labute approximate surface area is 94.8 Å². The van der Waals surface area contributed by atoms with Crippen molar-refractivity contribution >= 4 is 10.0 Å². The van der Waals surface area contributed by atoms with E-state index in [2.05, 4.69) is 0 Å². The van der Waals surface area contributed by atoms with Crippen molar-refractivity contribution in [1.29, 1.82) is 0 Å². The van der Waals surface area contributed by atoms with Gasteiger partial charge in [0.2, 0.25) is 0 Å². The Morgan fingerprint density at radius 1 is 1.25 bits per heavy atom. The zero-order valence-corrected chi connectivity index (χ0v) is 9.78. The minimum Gasteiger partial charge on any atom is -0.258 e. The first kappa shape index (κ1) is 10.3. The third kappa shape index (κ3) is 1.65. The van der Waals surface area contributed by atoms with Crippen molar-refractivity contribution in [3.63, 3.8) is 0 Å². The van der Waals surface area contributed by atoms with E-state index in [9.17, 15) is 8.42 Å². The standard InChI is InChI=1S/C11H13NO3S/c1-8-2-6-10(7-3-8)16(13,14)12-11(15-12)9-4-5-9/h2-3,6-7,9,11H,4-5H2,1H3.